The molecule has 1 aliphatic rings. The number of rotatable bonds is 16. The number of unbranched alkanes of at least 4 members (excludes halogenated alkanes) is 1. The molecule has 1 heterocycles. The van der Waals surface area contributed by atoms with E-state index >= 15 is 0 Å². The van der Waals surface area contributed by atoms with Crippen LogP contribution in [0.3, 0.4) is 0 Å². The summed E-state index contributed by atoms with van der Waals surface area (Å²) in [4.78, 5) is 56.1. The summed E-state index contributed by atoms with van der Waals surface area (Å²) in [5.41, 5.74) is 22.0. The van der Waals surface area contributed by atoms with Gasteiger partial charge in [0.25, 0.3) is 0 Å². The number of aliphatic carboxylic acids is 1. The number of nitrogens with one attached hydrogen (secondary N) is 2. The first-order valence-corrected chi connectivity index (χ1v) is 12.7. The lowest BCUT2D eigenvalue weighted by atomic mass is 9.96. The summed E-state index contributed by atoms with van der Waals surface area (Å²) in [6, 6.07) is -3.56. The highest BCUT2D eigenvalue weighted by atomic mass is 16.4. The second kappa shape index (κ2) is 15.9. The molecule has 206 valence electrons. The number of nitrogens with two attached hydrogens (primary N) is 4. The maximum Gasteiger partial charge on any atom is 0.326 e. The number of aliphatic imine (C=N–C) groups is 1. The minimum atomic E-state index is -1.18. The van der Waals surface area contributed by atoms with Crippen LogP contribution in [0.15, 0.2) is 4.99 Å². The van der Waals surface area contributed by atoms with Crippen LogP contribution >= 0.6 is 0 Å². The zero-order valence-corrected chi connectivity index (χ0v) is 21.4. The van der Waals surface area contributed by atoms with E-state index in [9.17, 15) is 24.3 Å². The molecule has 1 saturated heterocycles. The van der Waals surface area contributed by atoms with Crippen molar-refractivity contribution in [2.24, 2.45) is 33.8 Å². The average molecular weight is 513 g/mol. The predicted octanol–water partition coefficient (Wildman–Crippen LogP) is -1.41. The number of likely N-dealkylation sites (tertiary alicyclic amines) is 1. The molecule has 0 saturated carbocycles. The average Bonchev–Trinajstić information content (AvgIpc) is 3.33. The molecule has 0 aromatic rings. The van der Waals surface area contributed by atoms with Gasteiger partial charge >= 0.3 is 5.97 Å². The molecular weight excluding hydrogens is 468 g/mol. The van der Waals surface area contributed by atoms with Crippen molar-refractivity contribution in [1.82, 2.24) is 15.5 Å². The van der Waals surface area contributed by atoms with Crippen LogP contribution in [0.2, 0.25) is 0 Å². The first-order valence-electron chi connectivity index (χ1n) is 12.7. The van der Waals surface area contributed by atoms with Gasteiger partial charge in [-0.05, 0) is 51.0 Å². The fourth-order valence-corrected chi connectivity index (χ4v) is 4.09. The highest BCUT2D eigenvalue weighted by molar-refractivity contribution is 5.94. The fourth-order valence-electron chi connectivity index (χ4n) is 4.09. The van der Waals surface area contributed by atoms with E-state index in [0.717, 1.165) is 6.42 Å². The van der Waals surface area contributed by atoms with Gasteiger partial charge in [-0.15, -0.1) is 0 Å². The van der Waals surface area contributed by atoms with Crippen LogP contribution in [-0.4, -0.2) is 83.5 Å². The quantitative estimate of drug-likeness (QED) is 0.0729. The van der Waals surface area contributed by atoms with E-state index in [1.165, 1.54) is 4.90 Å². The molecule has 11 N–H and O–H groups in total. The summed E-state index contributed by atoms with van der Waals surface area (Å²) in [5, 5.41) is 14.9. The van der Waals surface area contributed by atoms with Crippen molar-refractivity contribution in [3.8, 4) is 0 Å². The fraction of sp³-hybridized carbons (Fsp3) is 0.783. The maximum absolute atomic E-state index is 13.5. The van der Waals surface area contributed by atoms with Crippen LogP contribution in [0.4, 0.5) is 0 Å². The van der Waals surface area contributed by atoms with Crippen molar-refractivity contribution in [3.63, 3.8) is 0 Å². The van der Waals surface area contributed by atoms with Crippen molar-refractivity contribution in [2.45, 2.75) is 89.4 Å². The Morgan fingerprint density at radius 2 is 1.81 bits per heavy atom. The number of hydrogen-bond acceptors (Lipinski definition) is 7. The lowest BCUT2D eigenvalue weighted by molar-refractivity contribution is -0.145. The predicted molar refractivity (Wildman–Crippen MR) is 136 cm³/mol. The second-order valence-corrected chi connectivity index (χ2v) is 9.30. The van der Waals surface area contributed by atoms with Crippen LogP contribution in [-0.2, 0) is 19.2 Å². The van der Waals surface area contributed by atoms with Gasteiger partial charge in [-0.25, -0.2) is 4.79 Å². The first kappa shape index (κ1) is 31.1. The minimum Gasteiger partial charge on any atom is -0.480 e. The smallest absolute Gasteiger partial charge is 0.326 e. The van der Waals surface area contributed by atoms with E-state index in [0.29, 0.717) is 51.6 Å². The third kappa shape index (κ3) is 9.97. The van der Waals surface area contributed by atoms with Crippen molar-refractivity contribution in [3.05, 3.63) is 0 Å². The second-order valence-electron chi connectivity index (χ2n) is 9.30. The van der Waals surface area contributed by atoms with Crippen LogP contribution in [0.25, 0.3) is 0 Å². The molecule has 5 atom stereocenters. The first-order chi connectivity index (χ1) is 17.0. The van der Waals surface area contributed by atoms with Crippen molar-refractivity contribution in [2.75, 3.05) is 19.6 Å². The van der Waals surface area contributed by atoms with Gasteiger partial charge in [0.1, 0.15) is 18.1 Å². The Morgan fingerprint density at radius 3 is 2.39 bits per heavy atom. The molecule has 0 aromatic heterocycles. The zero-order valence-electron chi connectivity index (χ0n) is 21.4. The van der Waals surface area contributed by atoms with Crippen molar-refractivity contribution < 1.29 is 24.3 Å². The Kier molecular flexibility index (Phi) is 13.8. The highest BCUT2D eigenvalue weighted by Gasteiger charge is 2.40. The number of carbonyl (C=O) groups is 4. The number of carbonyl (C=O) groups excluding carboxylic acids is 3. The van der Waals surface area contributed by atoms with E-state index in [-0.39, 0.29) is 30.8 Å². The number of guanidine groups is 1. The number of carboxylic acids is 1. The van der Waals surface area contributed by atoms with Crippen molar-refractivity contribution >= 4 is 29.7 Å². The summed E-state index contributed by atoms with van der Waals surface area (Å²) < 4.78 is 0. The van der Waals surface area contributed by atoms with Gasteiger partial charge in [-0.1, -0.05) is 26.7 Å². The molecule has 3 amide bonds. The monoisotopic (exact) mass is 512 g/mol. The molecule has 0 radical (unpaired) electrons. The molecule has 1 fully saturated rings. The van der Waals surface area contributed by atoms with Gasteiger partial charge in [0.15, 0.2) is 5.96 Å². The van der Waals surface area contributed by atoms with E-state index < -0.39 is 42.0 Å². The summed E-state index contributed by atoms with van der Waals surface area (Å²) in [7, 11) is 0. The summed E-state index contributed by atoms with van der Waals surface area (Å²) in [6.07, 6.45) is 4.02. The molecule has 0 spiro atoms. The molecule has 1 aliphatic heterocycles. The van der Waals surface area contributed by atoms with Gasteiger partial charge in [0.05, 0.1) is 6.04 Å². The highest BCUT2D eigenvalue weighted by Crippen LogP contribution is 2.22. The van der Waals surface area contributed by atoms with Gasteiger partial charge in [0.2, 0.25) is 17.7 Å². The normalized spacial score (nSPS) is 18.6. The third-order valence-electron chi connectivity index (χ3n) is 6.48. The molecule has 0 aromatic carbocycles. The Hall–Kier alpha value is -2.93. The standard InChI is InChI=1S/C23H44N8O5/c1-3-14(2)18(30-19(32)15(25)8-4-5-11-24)21(34)31-13-7-10-17(31)20(33)29-16(22(35)36)9-6-12-28-23(26)27/h14-18H,3-13,24-25H2,1-2H3,(H,29,33)(H,30,32)(H,35,36)(H4,26,27,28). The number of carboxylic acid groups (broad SMARTS) is 1. The molecule has 36 heavy (non-hydrogen) atoms. The lowest BCUT2D eigenvalue weighted by Gasteiger charge is -2.32. The maximum atomic E-state index is 13.5. The Morgan fingerprint density at radius 1 is 1.11 bits per heavy atom. The van der Waals surface area contributed by atoms with Gasteiger partial charge in [-0.3, -0.25) is 19.4 Å². The molecule has 13 heteroatoms. The van der Waals surface area contributed by atoms with E-state index in [2.05, 4.69) is 15.6 Å². The van der Waals surface area contributed by atoms with Gasteiger partial charge in [-0.2, -0.15) is 0 Å². The zero-order chi connectivity index (χ0) is 27.3. The van der Waals surface area contributed by atoms with Crippen LogP contribution < -0.4 is 33.6 Å². The summed E-state index contributed by atoms with van der Waals surface area (Å²) in [5.74, 6) is -2.79. The minimum absolute atomic E-state index is 0.0921. The van der Waals surface area contributed by atoms with Gasteiger partial charge < -0.3 is 43.6 Å². The van der Waals surface area contributed by atoms with E-state index in [1.54, 1.807) is 0 Å². The third-order valence-corrected chi connectivity index (χ3v) is 6.48. The molecule has 13 nitrogen and oxygen atoms in total. The van der Waals surface area contributed by atoms with Gasteiger partial charge in [0, 0.05) is 13.1 Å². The van der Waals surface area contributed by atoms with E-state index in [4.69, 9.17) is 22.9 Å². The molecular formula is C23H44N8O5. The summed E-state index contributed by atoms with van der Waals surface area (Å²) in [6.45, 7) is 4.85. The van der Waals surface area contributed by atoms with E-state index in [1.807, 2.05) is 13.8 Å². The summed E-state index contributed by atoms with van der Waals surface area (Å²) >= 11 is 0. The topological polar surface area (TPSA) is 232 Å². The number of amides is 3. The molecule has 1 rings (SSSR count). The molecule has 5 unspecified atom stereocenters. The largest absolute Gasteiger partial charge is 0.480 e. The Balaban J connectivity index is 2.88. The van der Waals surface area contributed by atoms with Crippen LogP contribution in [0, 0.1) is 5.92 Å². The van der Waals surface area contributed by atoms with Crippen LogP contribution in [0.5, 0.6) is 0 Å². The van der Waals surface area contributed by atoms with Crippen molar-refractivity contribution in [1.29, 1.82) is 0 Å². The molecule has 0 bridgehead atoms. The molecule has 0 aliphatic carbocycles. The SMILES string of the molecule is CCC(C)C(NC(=O)C(N)CCCCN)C(=O)N1CCCC1C(=O)NC(CCCN=C(N)N)C(=O)O. The van der Waals surface area contributed by atoms with Crippen LogP contribution in [0.1, 0.15) is 65.2 Å². The lowest BCUT2D eigenvalue weighted by Crippen LogP contribution is -2.58. The number of hydrogen-bond donors (Lipinski definition) is 7. The number of nitrogens with zero attached hydrogens (tertiary/aromatic N) is 2. The Bertz CT molecular complexity index is 774. The Labute approximate surface area is 212 Å².